The van der Waals surface area contributed by atoms with Gasteiger partial charge in [-0.3, -0.25) is 0 Å². The van der Waals surface area contributed by atoms with Crippen LogP contribution in [0.3, 0.4) is 0 Å². The van der Waals surface area contributed by atoms with Crippen molar-refractivity contribution in [3.63, 3.8) is 0 Å². The molecule has 3 rings (SSSR count). The van der Waals surface area contributed by atoms with Gasteiger partial charge in [-0.05, 0) is 23.6 Å². The van der Waals surface area contributed by atoms with Gasteiger partial charge in [-0.1, -0.05) is 6.07 Å². The molecule has 0 bridgehead atoms. The predicted molar refractivity (Wildman–Crippen MR) is 80.1 cm³/mol. The van der Waals surface area contributed by atoms with Crippen molar-refractivity contribution in [2.45, 2.75) is 6.54 Å². The summed E-state index contributed by atoms with van der Waals surface area (Å²) in [6.07, 6.45) is 1.67. The van der Waals surface area contributed by atoms with Gasteiger partial charge in [0.15, 0.2) is 5.76 Å². The molecule has 3 aromatic rings. The van der Waals surface area contributed by atoms with E-state index in [-0.39, 0.29) is 5.82 Å². The number of benzene rings is 1. The molecule has 0 radical (unpaired) electrons. The minimum atomic E-state index is -0.346. The van der Waals surface area contributed by atoms with E-state index in [0.717, 1.165) is 4.88 Å². The molecule has 0 atom stereocenters. The van der Waals surface area contributed by atoms with E-state index in [1.165, 1.54) is 6.07 Å². The molecule has 0 amide bonds. The molecular weight excluding hydrogens is 291 g/mol. The smallest absolute Gasteiger partial charge is 0.214 e. The highest BCUT2D eigenvalue weighted by atomic mass is 32.1. The van der Waals surface area contributed by atoms with Gasteiger partial charge in [0.2, 0.25) is 5.89 Å². The van der Waals surface area contributed by atoms with Crippen LogP contribution >= 0.6 is 11.3 Å². The number of hydrogen-bond acceptors (Lipinski definition) is 5. The first-order valence-electron chi connectivity index (χ1n) is 6.32. The summed E-state index contributed by atoms with van der Waals surface area (Å²) in [6.45, 7) is 0.301. The van der Waals surface area contributed by atoms with Gasteiger partial charge in [0.1, 0.15) is 11.6 Å². The van der Waals surface area contributed by atoms with Crippen molar-refractivity contribution in [2.75, 3.05) is 12.4 Å². The lowest BCUT2D eigenvalue weighted by Crippen LogP contribution is -2.02. The quantitative estimate of drug-likeness (QED) is 0.768. The molecule has 0 aliphatic carbocycles. The Bertz CT molecular complexity index is 725. The number of anilines is 1. The summed E-state index contributed by atoms with van der Waals surface area (Å²) in [5.41, 5.74) is 0.352. The molecule has 108 valence electrons. The van der Waals surface area contributed by atoms with Gasteiger partial charge in [0.05, 0.1) is 30.4 Å². The van der Waals surface area contributed by atoms with Gasteiger partial charge < -0.3 is 14.5 Å². The highest BCUT2D eigenvalue weighted by Gasteiger charge is 2.09. The van der Waals surface area contributed by atoms with Crippen LogP contribution in [0.5, 0.6) is 5.75 Å². The van der Waals surface area contributed by atoms with E-state index in [9.17, 15) is 4.39 Å². The van der Waals surface area contributed by atoms with Gasteiger partial charge in [0, 0.05) is 6.07 Å². The van der Waals surface area contributed by atoms with E-state index >= 15 is 0 Å². The maximum absolute atomic E-state index is 13.7. The lowest BCUT2D eigenvalue weighted by molar-refractivity contribution is 0.414. The van der Waals surface area contributed by atoms with E-state index in [4.69, 9.17) is 9.15 Å². The van der Waals surface area contributed by atoms with Crippen LogP contribution in [0.15, 0.2) is 46.3 Å². The molecule has 21 heavy (non-hydrogen) atoms. The van der Waals surface area contributed by atoms with Crippen molar-refractivity contribution in [2.24, 2.45) is 0 Å². The van der Waals surface area contributed by atoms with Crippen LogP contribution in [-0.4, -0.2) is 12.1 Å². The summed E-state index contributed by atoms with van der Waals surface area (Å²) in [7, 11) is 1.54. The third kappa shape index (κ3) is 3.05. The molecule has 2 aromatic heterocycles. The number of aromatic nitrogens is 1. The molecule has 1 N–H and O–H groups in total. The molecule has 0 fully saturated rings. The third-order valence-electron chi connectivity index (χ3n) is 2.92. The molecule has 0 spiro atoms. The SMILES string of the molecule is COc1ccc(F)c(NCc2ncc(-c3cccs3)o2)c1. The molecule has 2 heterocycles. The second-order valence-electron chi connectivity index (χ2n) is 4.29. The maximum atomic E-state index is 13.7. The molecule has 6 heteroatoms. The summed E-state index contributed by atoms with van der Waals surface area (Å²) in [5.74, 6) is 1.46. The molecular formula is C15H13FN2O2S. The Morgan fingerprint density at radius 2 is 2.29 bits per heavy atom. The van der Waals surface area contributed by atoms with Crippen molar-refractivity contribution >= 4 is 17.0 Å². The molecule has 0 unspecified atom stereocenters. The van der Waals surface area contributed by atoms with Crippen LogP contribution < -0.4 is 10.1 Å². The third-order valence-corrected chi connectivity index (χ3v) is 3.81. The first kappa shape index (κ1) is 13.6. The number of nitrogens with zero attached hydrogens (tertiary/aromatic N) is 1. The average Bonchev–Trinajstić information content (AvgIpc) is 3.17. The summed E-state index contributed by atoms with van der Waals surface area (Å²) in [5, 5.41) is 4.93. The predicted octanol–water partition coefficient (Wildman–Crippen LogP) is 4.16. The fourth-order valence-electron chi connectivity index (χ4n) is 1.86. The van der Waals surface area contributed by atoms with Gasteiger partial charge in [-0.25, -0.2) is 9.37 Å². The van der Waals surface area contributed by atoms with E-state index in [0.29, 0.717) is 29.6 Å². The van der Waals surface area contributed by atoms with Crippen LogP contribution in [0.4, 0.5) is 10.1 Å². The molecule has 4 nitrogen and oxygen atoms in total. The molecule has 0 aliphatic rings. The zero-order chi connectivity index (χ0) is 14.7. The number of oxazole rings is 1. The lowest BCUT2D eigenvalue weighted by atomic mass is 10.3. The average molecular weight is 304 g/mol. The Morgan fingerprint density at radius 1 is 1.38 bits per heavy atom. The first-order valence-corrected chi connectivity index (χ1v) is 7.20. The van der Waals surface area contributed by atoms with E-state index in [1.54, 1.807) is 36.8 Å². The minimum Gasteiger partial charge on any atom is -0.497 e. The van der Waals surface area contributed by atoms with Crippen LogP contribution in [-0.2, 0) is 6.54 Å². The topological polar surface area (TPSA) is 47.3 Å². The number of hydrogen-bond donors (Lipinski definition) is 1. The molecule has 0 saturated carbocycles. The normalized spacial score (nSPS) is 10.6. The lowest BCUT2D eigenvalue weighted by Gasteiger charge is -2.07. The zero-order valence-corrected chi connectivity index (χ0v) is 12.1. The van der Waals surface area contributed by atoms with Crippen molar-refractivity contribution in [1.82, 2.24) is 4.98 Å². The molecule has 0 saturated heterocycles. The number of rotatable bonds is 5. The Morgan fingerprint density at radius 3 is 3.05 bits per heavy atom. The largest absolute Gasteiger partial charge is 0.497 e. The Balaban J connectivity index is 1.71. The number of methoxy groups -OCH3 is 1. The first-order chi connectivity index (χ1) is 10.3. The monoisotopic (exact) mass is 304 g/mol. The van der Waals surface area contributed by atoms with Crippen LogP contribution in [0.2, 0.25) is 0 Å². The van der Waals surface area contributed by atoms with Crippen molar-refractivity contribution in [1.29, 1.82) is 0 Å². The maximum Gasteiger partial charge on any atom is 0.214 e. The van der Waals surface area contributed by atoms with Crippen molar-refractivity contribution in [3.8, 4) is 16.4 Å². The minimum absolute atomic E-state index is 0.301. The second kappa shape index (κ2) is 5.97. The Kier molecular flexibility index (Phi) is 3.87. The summed E-state index contributed by atoms with van der Waals surface area (Å²) in [6, 6.07) is 8.43. The number of nitrogens with one attached hydrogen (secondary N) is 1. The van der Waals surface area contributed by atoms with Gasteiger partial charge in [-0.2, -0.15) is 0 Å². The Hall–Kier alpha value is -2.34. The number of thiophene rings is 1. The van der Waals surface area contributed by atoms with Gasteiger partial charge >= 0.3 is 0 Å². The zero-order valence-electron chi connectivity index (χ0n) is 11.3. The summed E-state index contributed by atoms with van der Waals surface area (Å²) >= 11 is 1.58. The number of halogens is 1. The molecule has 0 aliphatic heterocycles. The van der Waals surface area contributed by atoms with E-state index < -0.39 is 0 Å². The summed E-state index contributed by atoms with van der Waals surface area (Å²) < 4.78 is 24.4. The Labute approximate surface area is 125 Å². The fraction of sp³-hybridized carbons (Fsp3) is 0.133. The van der Waals surface area contributed by atoms with Gasteiger partial charge in [-0.15, -0.1) is 11.3 Å². The van der Waals surface area contributed by atoms with Crippen LogP contribution in [0.25, 0.3) is 10.6 Å². The fourth-order valence-corrected chi connectivity index (χ4v) is 2.53. The highest BCUT2D eigenvalue weighted by molar-refractivity contribution is 7.13. The summed E-state index contributed by atoms with van der Waals surface area (Å²) in [4.78, 5) is 5.20. The number of ether oxygens (including phenoxy) is 1. The molecule has 1 aromatic carbocycles. The van der Waals surface area contributed by atoms with Gasteiger partial charge in [0.25, 0.3) is 0 Å². The van der Waals surface area contributed by atoms with Crippen molar-refractivity contribution in [3.05, 3.63) is 53.6 Å². The van der Waals surface area contributed by atoms with Crippen LogP contribution in [0.1, 0.15) is 5.89 Å². The second-order valence-corrected chi connectivity index (χ2v) is 5.24. The highest BCUT2D eigenvalue weighted by Crippen LogP contribution is 2.26. The van der Waals surface area contributed by atoms with E-state index in [1.807, 2.05) is 17.5 Å². The standard InChI is InChI=1S/C15H13FN2O2S/c1-19-10-4-5-11(16)12(7-10)17-9-15-18-8-13(20-15)14-3-2-6-21-14/h2-8,17H,9H2,1H3. The van der Waals surface area contributed by atoms with Crippen molar-refractivity contribution < 1.29 is 13.5 Å². The van der Waals surface area contributed by atoms with Crippen LogP contribution in [0, 0.1) is 5.82 Å². The van der Waals surface area contributed by atoms with E-state index in [2.05, 4.69) is 10.3 Å².